The zero-order chi connectivity index (χ0) is 26.7. The number of aryl methyl sites for hydroxylation is 1. The maximum absolute atomic E-state index is 13.3. The molecule has 8 heteroatoms. The molecule has 0 radical (unpaired) electrons. The van der Waals surface area contributed by atoms with Crippen LogP contribution in [0, 0.1) is 11.3 Å². The van der Waals surface area contributed by atoms with E-state index in [0.717, 1.165) is 5.56 Å². The molecule has 0 unspecified atom stereocenters. The summed E-state index contributed by atoms with van der Waals surface area (Å²) in [5, 5.41) is 10.3. The second kappa shape index (κ2) is 10.5. The van der Waals surface area contributed by atoms with Crippen LogP contribution >= 0.6 is 0 Å². The van der Waals surface area contributed by atoms with Gasteiger partial charge in [0.1, 0.15) is 17.4 Å². The lowest BCUT2D eigenvalue weighted by atomic mass is 9.87. The van der Waals surface area contributed by atoms with Crippen molar-refractivity contribution in [3.05, 3.63) is 87.3 Å². The molecule has 1 aromatic carbocycles. The summed E-state index contributed by atoms with van der Waals surface area (Å²) in [6.07, 6.45) is 2.29. The van der Waals surface area contributed by atoms with Crippen LogP contribution in [0.5, 0.6) is 0 Å². The third-order valence-electron chi connectivity index (χ3n) is 6.09. The molecule has 4 rings (SSSR count). The van der Waals surface area contributed by atoms with Crippen molar-refractivity contribution in [2.24, 2.45) is 4.99 Å². The number of fused-ring (bicyclic) bond motifs is 2. The van der Waals surface area contributed by atoms with Crippen molar-refractivity contribution >= 4 is 22.6 Å². The molecule has 0 atom stereocenters. The van der Waals surface area contributed by atoms with Crippen LogP contribution in [0.1, 0.15) is 62.5 Å². The van der Waals surface area contributed by atoms with Gasteiger partial charge in [0.2, 0.25) is 0 Å². The lowest BCUT2D eigenvalue weighted by Gasteiger charge is -2.18. The van der Waals surface area contributed by atoms with Crippen LogP contribution < -0.4 is 11.0 Å². The maximum Gasteiger partial charge on any atom is 0.278 e. The van der Waals surface area contributed by atoms with E-state index in [1.807, 2.05) is 26.0 Å². The van der Waals surface area contributed by atoms with E-state index in [4.69, 9.17) is 9.72 Å². The molecule has 3 heterocycles. The molecule has 0 aliphatic rings. The number of nitrogens with zero attached hydrogens (tertiary/aromatic N) is 5. The number of ether oxygens (including phenoxy) is 1. The van der Waals surface area contributed by atoms with Crippen molar-refractivity contribution in [3.63, 3.8) is 0 Å². The highest BCUT2D eigenvalue weighted by atomic mass is 16.5. The fraction of sp³-hybridized carbons (Fsp3) is 0.345. The number of hydrogen-bond donors (Lipinski definition) is 0. The van der Waals surface area contributed by atoms with E-state index < -0.39 is 5.91 Å². The summed E-state index contributed by atoms with van der Waals surface area (Å²) in [5.41, 5.74) is 2.32. The largest absolute Gasteiger partial charge is 0.379 e. The second-order valence-electron chi connectivity index (χ2n) is 10.2. The first-order valence-electron chi connectivity index (χ1n) is 12.4. The van der Waals surface area contributed by atoms with Gasteiger partial charge in [0, 0.05) is 24.9 Å². The van der Waals surface area contributed by atoms with Crippen LogP contribution in [0.2, 0.25) is 0 Å². The van der Waals surface area contributed by atoms with Gasteiger partial charge in [-0.15, -0.1) is 0 Å². The van der Waals surface area contributed by atoms with E-state index in [0.29, 0.717) is 36.4 Å². The second-order valence-corrected chi connectivity index (χ2v) is 10.2. The molecule has 4 aromatic rings. The highest BCUT2D eigenvalue weighted by Crippen LogP contribution is 2.22. The van der Waals surface area contributed by atoms with Crippen molar-refractivity contribution in [1.29, 1.82) is 5.26 Å². The molecule has 8 nitrogen and oxygen atoms in total. The highest BCUT2D eigenvalue weighted by molar-refractivity contribution is 5.95. The SMILES string of the molecule is CC(C)OCCCn1c(=NC(=O)c2ccc(C(C)(C)C)cc2)c(C#N)cc2c(=O)n3ccccc3nc21. The number of pyridine rings is 2. The van der Waals surface area contributed by atoms with Gasteiger partial charge in [-0.25, -0.2) is 4.98 Å². The lowest BCUT2D eigenvalue weighted by molar-refractivity contribution is 0.0748. The van der Waals surface area contributed by atoms with E-state index >= 15 is 0 Å². The summed E-state index contributed by atoms with van der Waals surface area (Å²) in [6, 6.07) is 16.2. The Morgan fingerprint density at radius 2 is 1.89 bits per heavy atom. The minimum atomic E-state index is -0.471. The van der Waals surface area contributed by atoms with Crippen LogP contribution in [0.25, 0.3) is 16.7 Å². The molecule has 0 saturated carbocycles. The topological polar surface area (TPSA) is 102 Å². The number of aromatic nitrogens is 3. The van der Waals surface area contributed by atoms with E-state index in [9.17, 15) is 14.9 Å². The Kier molecular flexibility index (Phi) is 7.37. The number of benzene rings is 1. The zero-order valence-corrected chi connectivity index (χ0v) is 21.9. The number of rotatable bonds is 6. The summed E-state index contributed by atoms with van der Waals surface area (Å²) in [5.74, 6) is -0.471. The Bertz CT molecular complexity index is 1630. The summed E-state index contributed by atoms with van der Waals surface area (Å²) in [6.45, 7) is 11.1. The minimum Gasteiger partial charge on any atom is -0.379 e. The van der Waals surface area contributed by atoms with Gasteiger partial charge >= 0.3 is 0 Å². The van der Waals surface area contributed by atoms with Gasteiger partial charge in [-0.1, -0.05) is 39.0 Å². The van der Waals surface area contributed by atoms with Crippen molar-refractivity contribution in [2.45, 2.75) is 59.1 Å². The average Bonchev–Trinajstić information content (AvgIpc) is 2.87. The van der Waals surface area contributed by atoms with Crippen molar-refractivity contribution < 1.29 is 9.53 Å². The Balaban J connectivity index is 1.92. The highest BCUT2D eigenvalue weighted by Gasteiger charge is 2.17. The third-order valence-corrected chi connectivity index (χ3v) is 6.09. The Hall–Kier alpha value is -4.09. The molecule has 190 valence electrons. The molecule has 0 fully saturated rings. The quantitative estimate of drug-likeness (QED) is 0.291. The summed E-state index contributed by atoms with van der Waals surface area (Å²) in [4.78, 5) is 35.6. The van der Waals surface area contributed by atoms with Crippen molar-refractivity contribution in [1.82, 2.24) is 14.0 Å². The average molecular weight is 498 g/mol. The smallest absolute Gasteiger partial charge is 0.278 e. The molecule has 1 amide bonds. The Morgan fingerprint density at radius 3 is 2.54 bits per heavy atom. The Labute approximate surface area is 215 Å². The van der Waals surface area contributed by atoms with Crippen LogP contribution in [0.3, 0.4) is 0 Å². The third kappa shape index (κ3) is 5.52. The molecular weight excluding hydrogens is 466 g/mol. The summed E-state index contributed by atoms with van der Waals surface area (Å²) >= 11 is 0. The predicted octanol–water partition coefficient (Wildman–Crippen LogP) is 4.37. The van der Waals surface area contributed by atoms with Gasteiger partial charge in [-0.3, -0.25) is 14.0 Å². The van der Waals surface area contributed by atoms with Gasteiger partial charge in [0.15, 0.2) is 5.49 Å². The molecule has 0 N–H and O–H groups in total. The normalized spacial score (nSPS) is 12.4. The van der Waals surface area contributed by atoms with Gasteiger partial charge in [-0.05, 0) is 61.6 Å². The minimum absolute atomic E-state index is 0.0470. The molecule has 0 aliphatic carbocycles. The summed E-state index contributed by atoms with van der Waals surface area (Å²) in [7, 11) is 0. The zero-order valence-electron chi connectivity index (χ0n) is 21.9. The predicted molar refractivity (Wildman–Crippen MR) is 142 cm³/mol. The van der Waals surface area contributed by atoms with E-state index in [-0.39, 0.29) is 33.5 Å². The number of amides is 1. The molecular formula is C29H31N5O3. The van der Waals surface area contributed by atoms with E-state index in [1.54, 1.807) is 41.1 Å². The van der Waals surface area contributed by atoms with Gasteiger partial charge in [0.25, 0.3) is 11.5 Å². The van der Waals surface area contributed by atoms with E-state index in [2.05, 4.69) is 31.8 Å². The monoisotopic (exact) mass is 497 g/mol. The number of carbonyl (C=O) groups is 1. The molecule has 0 spiro atoms. The fourth-order valence-corrected chi connectivity index (χ4v) is 4.11. The number of hydrogen-bond acceptors (Lipinski definition) is 5. The van der Waals surface area contributed by atoms with Gasteiger partial charge in [0.05, 0.1) is 17.1 Å². The van der Waals surface area contributed by atoms with Gasteiger partial charge < -0.3 is 9.30 Å². The molecule has 3 aromatic heterocycles. The van der Waals surface area contributed by atoms with Crippen molar-refractivity contribution in [3.8, 4) is 6.07 Å². The van der Waals surface area contributed by atoms with Crippen LogP contribution in [0.4, 0.5) is 0 Å². The van der Waals surface area contributed by atoms with Crippen LogP contribution in [0.15, 0.2) is 64.5 Å². The van der Waals surface area contributed by atoms with Crippen LogP contribution in [-0.2, 0) is 16.7 Å². The van der Waals surface area contributed by atoms with Crippen LogP contribution in [-0.4, -0.2) is 32.6 Å². The van der Waals surface area contributed by atoms with Crippen molar-refractivity contribution in [2.75, 3.05) is 6.61 Å². The first-order chi connectivity index (χ1) is 17.6. The Morgan fingerprint density at radius 1 is 1.16 bits per heavy atom. The molecule has 0 saturated heterocycles. The molecule has 0 aliphatic heterocycles. The molecule has 37 heavy (non-hydrogen) atoms. The van der Waals surface area contributed by atoms with Gasteiger partial charge in [-0.2, -0.15) is 10.3 Å². The molecule has 0 bridgehead atoms. The number of nitriles is 1. The fourth-order valence-electron chi connectivity index (χ4n) is 4.11. The first kappa shape index (κ1) is 26.0. The standard InChI is InChI=1S/C29H31N5O3/c1-19(2)37-16-8-15-34-25(32-27(35)20-10-12-22(13-11-20)29(3,4)5)21(18-30)17-23-26(34)31-24-9-6-7-14-33(24)28(23)36/h6-7,9-14,17,19H,8,15-16H2,1-5H3. The maximum atomic E-state index is 13.3. The first-order valence-corrected chi connectivity index (χ1v) is 12.4. The number of carbonyl (C=O) groups excluding carboxylic acids is 1. The van der Waals surface area contributed by atoms with E-state index in [1.165, 1.54) is 10.5 Å². The lowest BCUT2D eigenvalue weighted by Crippen LogP contribution is -2.30. The summed E-state index contributed by atoms with van der Waals surface area (Å²) < 4.78 is 8.82.